The number of hydrogen-bond acceptors (Lipinski definition) is 4. The summed E-state index contributed by atoms with van der Waals surface area (Å²) < 4.78 is 5.90. The lowest BCUT2D eigenvalue weighted by Gasteiger charge is -2.23. The van der Waals surface area contributed by atoms with Crippen LogP contribution in [0.25, 0.3) is 11.0 Å². The predicted octanol–water partition coefficient (Wildman–Crippen LogP) is 2.06. The van der Waals surface area contributed by atoms with Gasteiger partial charge in [-0.3, -0.25) is 0 Å². The molecule has 1 aromatic carbocycles. The van der Waals surface area contributed by atoms with Crippen molar-refractivity contribution in [2.45, 2.75) is 25.5 Å². The zero-order chi connectivity index (χ0) is 13.4. The van der Waals surface area contributed by atoms with E-state index in [-0.39, 0.29) is 6.23 Å². The molecule has 0 bridgehead atoms. The Morgan fingerprint density at radius 3 is 2.50 bits per heavy atom. The van der Waals surface area contributed by atoms with E-state index in [0.717, 1.165) is 30.6 Å². The quantitative estimate of drug-likeness (QED) is 0.858. The van der Waals surface area contributed by atoms with Crippen LogP contribution in [-0.4, -0.2) is 46.1 Å². The van der Waals surface area contributed by atoms with E-state index in [4.69, 9.17) is 4.74 Å². The highest BCUT2D eigenvalue weighted by atomic mass is 16.5. The number of hydrogen-bond donors (Lipinski definition) is 0. The molecule has 2 atom stereocenters. The Morgan fingerprint density at radius 1 is 1.10 bits per heavy atom. The zero-order valence-corrected chi connectivity index (χ0v) is 11.6. The van der Waals surface area contributed by atoms with Crippen molar-refractivity contribution in [2.75, 3.05) is 26.2 Å². The van der Waals surface area contributed by atoms with Crippen molar-refractivity contribution in [3.8, 4) is 0 Å². The van der Waals surface area contributed by atoms with Gasteiger partial charge in [-0.1, -0.05) is 12.1 Å². The fraction of sp³-hybridized carbons (Fsp3) is 0.600. The summed E-state index contributed by atoms with van der Waals surface area (Å²) in [6.45, 7) is 4.40. The Balaban J connectivity index is 1.56. The summed E-state index contributed by atoms with van der Waals surface area (Å²) in [7, 11) is 0. The van der Waals surface area contributed by atoms with Crippen molar-refractivity contribution in [3.05, 3.63) is 24.3 Å². The first-order valence-electron chi connectivity index (χ1n) is 7.56. The van der Waals surface area contributed by atoms with Crippen LogP contribution in [0.2, 0.25) is 0 Å². The molecule has 0 unspecified atom stereocenters. The number of fused-ring (bicyclic) bond motifs is 1. The van der Waals surface area contributed by atoms with Gasteiger partial charge >= 0.3 is 0 Å². The Hall–Kier alpha value is -1.46. The van der Waals surface area contributed by atoms with Crippen LogP contribution < -0.4 is 0 Å². The number of rotatable bonds is 3. The topological polar surface area (TPSA) is 43.2 Å². The second-order valence-electron chi connectivity index (χ2n) is 5.83. The molecule has 2 aliphatic rings. The molecule has 0 radical (unpaired) electrons. The van der Waals surface area contributed by atoms with Crippen LogP contribution in [0.1, 0.15) is 25.5 Å². The van der Waals surface area contributed by atoms with E-state index in [1.807, 2.05) is 24.3 Å². The minimum Gasteiger partial charge on any atom is -0.354 e. The largest absolute Gasteiger partial charge is 0.354 e. The normalized spacial score (nSPS) is 27.6. The highest BCUT2D eigenvalue weighted by molar-refractivity contribution is 5.72. The molecule has 0 amide bonds. The van der Waals surface area contributed by atoms with E-state index in [1.165, 1.54) is 25.9 Å². The van der Waals surface area contributed by atoms with E-state index in [9.17, 15) is 0 Å². The average Bonchev–Trinajstić information content (AvgIpc) is 3.18. The standard InChI is InChI=1S/C15H20N4O/c1-2-6-14-13(5-1)16-19(17-14)15-12(7-10-20-15)11-18-8-3-4-9-18/h1-2,5-6,12,15H,3-4,7-11H2/t12-,15-/m0/s1. The van der Waals surface area contributed by atoms with Gasteiger partial charge in [0.25, 0.3) is 0 Å². The molecule has 106 valence electrons. The maximum atomic E-state index is 5.90. The summed E-state index contributed by atoms with van der Waals surface area (Å²) in [5.41, 5.74) is 1.89. The zero-order valence-electron chi connectivity index (χ0n) is 11.6. The second-order valence-corrected chi connectivity index (χ2v) is 5.83. The molecule has 2 saturated heterocycles. The predicted molar refractivity (Wildman–Crippen MR) is 76.3 cm³/mol. The van der Waals surface area contributed by atoms with Crippen LogP contribution in [0.4, 0.5) is 0 Å². The van der Waals surface area contributed by atoms with Crippen LogP contribution in [0.15, 0.2) is 24.3 Å². The minimum atomic E-state index is 0.00278. The molecular weight excluding hydrogens is 252 g/mol. The molecule has 0 N–H and O–H groups in total. The highest BCUT2D eigenvalue weighted by Gasteiger charge is 2.33. The van der Waals surface area contributed by atoms with E-state index < -0.39 is 0 Å². The lowest BCUT2D eigenvalue weighted by molar-refractivity contribution is 0.00548. The SMILES string of the molecule is c1ccc2nn([C@H]3OCC[C@H]3CN3CCCC3)nc2c1. The van der Waals surface area contributed by atoms with Gasteiger partial charge < -0.3 is 9.64 Å². The summed E-state index contributed by atoms with van der Waals surface area (Å²) in [5.74, 6) is 0.509. The van der Waals surface area contributed by atoms with Crippen LogP contribution in [0.5, 0.6) is 0 Å². The number of ether oxygens (including phenoxy) is 1. The molecule has 0 saturated carbocycles. The Kier molecular flexibility index (Phi) is 3.16. The van der Waals surface area contributed by atoms with Gasteiger partial charge in [0.2, 0.25) is 0 Å². The first kappa shape index (κ1) is 12.3. The Bertz CT molecular complexity index is 557. The number of benzene rings is 1. The molecule has 0 aliphatic carbocycles. The fourth-order valence-corrected chi connectivity index (χ4v) is 3.34. The van der Waals surface area contributed by atoms with Crippen LogP contribution in [0, 0.1) is 5.92 Å². The van der Waals surface area contributed by atoms with Crippen molar-refractivity contribution < 1.29 is 4.74 Å². The van der Waals surface area contributed by atoms with Gasteiger partial charge in [-0.05, 0) is 44.5 Å². The van der Waals surface area contributed by atoms with Crippen molar-refractivity contribution in [3.63, 3.8) is 0 Å². The molecule has 2 aromatic rings. The molecule has 1 aromatic heterocycles. The lowest BCUT2D eigenvalue weighted by Crippen LogP contribution is -2.30. The Morgan fingerprint density at radius 2 is 1.80 bits per heavy atom. The first-order valence-corrected chi connectivity index (χ1v) is 7.56. The number of nitrogens with zero attached hydrogens (tertiary/aromatic N) is 4. The summed E-state index contributed by atoms with van der Waals surface area (Å²) in [4.78, 5) is 4.34. The molecule has 5 heteroatoms. The number of likely N-dealkylation sites (tertiary alicyclic amines) is 1. The van der Waals surface area contributed by atoms with Gasteiger partial charge in [-0.25, -0.2) is 0 Å². The average molecular weight is 272 g/mol. The first-order chi connectivity index (χ1) is 9.90. The lowest BCUT2D eigenvalue weighted by atomic mass is 10.1. The molecular formula is C15H20N4O. The molecule has 2 fully saturated rings. The molecule has 0 spiro atoms. The monoisotopic (exact) mass is 272 g/mol. The smallest absolute Gasteiger partial charge is 0.173 e. The summed E-state index contributed by atoms with van der Waals surface area (Å²) in [6, 6.07) is 8.00. The third-order valence-corrected chi connectivity index (χ3v) is 4.40. The molecule has 5 nitrogen and oxygen atoms in total. The summed E-state index contributed by atoms with van der Waals surface area (Å²) in [5, 5.41) is 9.16. The van der Waals surface area contributed by atoms with Crippen molar-refractivity contribution >= 4 is 11.0 Å². The van der Waals surface area contributed by atoms with Crippen molar-refractivity contribution in [1.82, 2.24) is 19.9 Å². The summed E-state index contributed by atoms with van der Waals surface area (Å²) >= 11 is 0. The summed E-state index contributed by atoms with van der Waals surface area (Å²) in [6.07, 6.45) is 3.78. The van der Waals surface area contributed by atoms with Crippen LogP contribution >= 0.6 is 0 Å². The van der Waals surface area contributed by atoms with Crippen LogP contribution in [-0.2, 0) is 4.74 Å². The number of aromatic nitrogens is 3. The van der Waals surface area contributed by atoms with E-state index in [1.54, 1.807) is 4.80 Å². The van der Waals surface area contributed by atoms with E-state index in [2.05, 4.69) is 15.1 Å². The van der Waals surface area contributed by atoms with Crippen molar-refractivity contribution in [1.29, 1.82) is 0 Å². The molecule has 4 rings (SSSR count). The van der Waals surface area contributed by atoms with Crippen molar-refractivity contribution in [2.24, 2.45) is 5.92 Å². The van der Waals surface area contributed by atoms with Gasteiger partial charge in [0.1, 0.15) is 11.0 Å². The van der Waals surface area contributed by atoms with Gasteiger partial charge in [0.15, 0.2) is 6.23 Å². The van der Waals surface area contributed by atoms with Gasteiger partial charge in [0, 0.05) is 19.1 Å². The molecule has 2 aliphatic heterocycles. The molecule has 3 heterocycles. The minimum absolute atomic E-state index is 0.00278. The van der Waals surface area contributed by atoms with Gasteiger partial charge in [0.05, 0.1) is 0 Å². The van der Waals surface area contributed by atoms with Crippen LogP contribution in [0.3, 0.4) is 0 Å². The highest BCUT2D eigenvalue weighted by Crippen LogP contribution is 2.31. The molecule has 20 heavy (non-hydrogen) atoms. The Labute approximate surface area is 118 Å². The third-order valence-electron chi connectivity index (χ3n) is 4.40. The van der Waals surface area contributed by atoms with E-state index in [0.29, 0.717) is 5.92 Å². The van der Waals surface area contributed by atoms with Gasteiger partial charge in [-0.15, -0.1) is 0 Å². The van der Waals surface area contributed by atoms with E-state index >= 15 is 0 Å². The third kappa shape index (κ3) is 2.21. The second kappa shape index (κ2) is 5.14. The maximum Gasteiger partial charge on any atom is 0.173 e. The van der Waals surface area contributed by atoms with Gasteiger partial charge in [-0.2, -0.15) is 15.0 Å². The fourth-order valence-electron chi connectivity index (χ4n) is 3.34. The maximum absolute atomic E-state index is 5.90.